The van der Waals surface area contributed by atoms with Gasteiger partial charge in [-0.3, -0.25) is 0 Å². The normalized spacial score (nSPS) is 20.5. The molecule has 1 amide bonds. The summed E-state index contributed by atoms with van der Waals surface area (Å²) in [6, 6.07) is 10.6. The average molecular weight is 371 g/mol. The molecule has 0 saturated carbocycles. The third kappa shape index (κ3) is 5.07. The lowest BCUT2D eigenvalue weighted by Gasteiger charge is -2.39. The van der Waals surface area contributed by atoms with E-state index < -0.39 is 5.60 Å². The van der Waals surface area contributed by atoms with E-state index in [0.717, 1.165) is 12.2 Å². The number of carbonyl (C=O) groups is 1. The first-order valence-electron chi connectivity index (χ1n) is 9.42. The van der Waals surface area contributed by atoms with E-state index >= 15 is 0 Å². The molecule has 0 radical (unpaired) electrons. The lowest BCUT2D eigenvalue weighted by Crippen LogP contribution is -2.52. The largest absolute Gasteiger partial charge is 0.444 e. The number of amides is 1. The number of ether oxygens (including phenoxy) is 1. The summed E-state index contributed by atoms with van der Waals surface area (Å²) in [4.78, 5) is 14.3. The van der Waals surface area contributed by atoms with Gasteiger partial charge in [-0.05, 0) is 32.8 Å². The second kappa shape index (κ2) is 8.08. The van der Waals surface area contributed by atoms with Crippen LogP contribution < -0.4 is 5.32 Å². The Bertz CT molecular complexity index is 753. The number of carbonyl (C=O) groups excluding carboxylic acids is 1. The zero-order valence-corrected chi connectivity index (χ0v) is 16.6. The molecule has 1 N–H and O–H groups in total. The van der Waals surface area contributed by atoms with Gasteiger partial charge < -0.3 is 19.5 Å². The summed E-state index contributed by atoms with van der Waals surface area (Å²) in [7, 11) is 1.93. The van der Waals surface area contributed by atoms with E-state index in [-0.39, 0.29) is 12.1 Å². The van der Waals surface area contributed by atoms with Gasteiger partial charge in [0.05, 0.1) is 6.54 Å². The molecule has 2 atom stereocenters. The van der Waals surface area contributed by atoms with Gasteiger partial charge in [0.25, 0.3) is 0 Å². The minimum atomic E-state index is -0.491. The van der Waals surface area contributed by atoms with Crippen LogP contribution in [-0.2, 0) is 18.3 Å². The van der Waals surface area contributed by atoms with E-state index in [0.29, 0.717) is 25.6 Å². The Morgan fingerprint density at radius 1 is 1.30 bits per heavy atom. The number of aromatic nitrogens is 3. The van der Waals surface area contributed by atoms with Crippen molar-refractivity contribution in [3.05, 3.63) is 48.0 Å². The van der Waals surface area contributed by atoms with Gasteiger partial charge in [0, 0.05) is 32.1 Å². The molecule has 1 aromatic heterocycles. The van der Waals surface area contributed by atoms with E-state index in [1.807, 2.05) is 38.5 Å². The maximum Gasteiger partial charge on any atom is 0.410 e. The van der Waals surface area contributed by atoms with Crippen LogP contribution in [0.3, 0.4) is 0 Å². The number of aryl methyl sites for hydroxylation is 1. The van der Waals surface area contributed by atoms with Crippen molar-refractivity contribution in [3.63, 3.8) is 0 Å². The molecule has 1 aliphatic heterocycles. The van der Waals surface area contributed by atoms with Crippen LogP contribution in [0.2, 0.25) is 0 Å². The van der Waals surface area contributed by atoms with Gasteiger partial charge in [-0.15, -0.1) is 10.2 Å². The zero-order valence-electron chi connectivity index (χ0n) is 16.6. The van der Waals surface area contributed by atoms with Gasteiger partial charge >= 0.3 is 6.09 Å². The molecule has 7 heteroatoms. The number of hydrogen-bond donors (Lipinski definition) is 1. The first kappa shape index (κ1) is 19.4. The Hall–Kier alpha value is -2.41. The fourth-order valence-corrected chi connectivity index (χ4v) is 3.44. The molecule has 2 aromatic rings. The first-order valence-corrected chi connectivity index (χ1v) is 9.42. The van der Waals surface area contributed by atoms with Crippen molar-refractivity contribution in [2.75, 3.05) is 13.1 Å². The van der Waals surface area contributed by atoms with Crippen molar-refractivity contribution in [3.8, 4) is 0 Å². The number of nitrogens with zero attached hydrogens (tertiary/aromatic N) is 4. The predicted molar refractivity (Wildman–Crippen MR) is 103 cm³/mol. The Morgan fingerprint density at radius 2 is 2.04 bits per heavy atom. The predicted octanol–water partition coefficient (Wildman–Crippen LogP) is 2.70. The summed E-state index contributed by atoms with van der Waals surface area (Å²) < 4.78 is 7.47. The second-order valence-electron chi connectivity index (χ2n) is 8.08. The molecule has 7 nitrogen and oxygen atoms in total. The van der Waals surface area contributed by atoms with E-state index in [1.165, 1.54) is 5.56 Å². The Labute approximate surface area is 160 Å². The molecule has 0 aliphatic carbocycles. The van der Waals surface area contributed by atoms with Crippen molar-refractivity contribution in [2.24, 2.45) is 7.05 Å². The first-order chi connectivity index (χ1) is 12.8. The highest BCUT2D eigenvalue weighted by Gasteiger charge is 2.34. The van der Waals surface area contributed by atoms with Crippen molar-refractivity contribution in [1.82, 2.24) is 25.0 Å². The molecule has 2 heterocycles. The standard InChI is InChI=1S/C20H29N5O2/c1-20(2,3)27-19(26)25-11-10-16(15-8-6-5-7-9-15)17(13-25)21-12-18-23-22-14-24(18)4/h5-9,14,16-17,21H,10-13H2,1-4H3. The van der Waals surface area contributed by atoms with E-state index in [2.05, 4.69) is 39.8 Å². The average Bonchev–Trinajstić information content (AvgIpc) is 3.04. The lowest BCUT2D eigenvalue weighted by atomic mass is 9.85. The Kier molecular flexibility index (Phi) is 5.79. The molecule has 0 bridgehead atoms. The molecule has 3 rings (SSSR count). The van der Waals surface area contributed by atoms with Crippen LogP contribution in [0.4, 0.5) is 4.79 Å². The summed E-state index contributed by atoms with van der Waals surface area (Å²) in [6.07, 6.45) is 2.33. The third-order valence-corrected chi connectivity index (χ3v) is 4.82. The number of rotatable bonds is 4. The van der Waals surface area contributed by atoms with E-state index in [1.54, 1.807) is 11.2 Å². The summed E-state index contributed by atoms with van der Waals surface area (Å²) in [6.45, 7) is 7.58. The van der Waals surface area contributed by atoms with Crippen molar-refractivity contribution in [1.29, 1.82) is 0 Å². The maximum atomic E-state index is 12.5. The van der Waals surface area contributed by atoms with Gasteiger partial charge in [0.1, 0.15) is 17.8 Å². The minimum absolute atomic E-state index is 0.116. The Morgan fingerprint density at radius 3 is 2.67 bits per heavy atom. The molecule has 0 spiro atoms. The van der Waals surface area contributed by atoms with Crippen molar-refractivity contribution < 1.29 is 9.53 Å². The number of benzene rings is 1. The minimum Gasteiger partial charge on any atom is -0.444 e. The SMILES string of the molecule is Cn1cnnc1CNC1CN(C(=O)OC(C)(C)C)CCC1c1ccccc1. The highest BCUT2D eigenvalue weighted by atomic mass is 16.6. The molecule has 1 saturated heterocycles. The van der Waals surface area contributed by atoms with Gasteiger partial charge in [0.2, 0.25) is 0 Å². The third-order valence-electron chi connectivity index (χ3n) is 4.82. The molecule has 1 aromatic carbocycles. The van der Waals surface area contributed by atoms with E-state index in [4.69, 9.17) is 4.74 Å². The molecule has 1 fully saturated rings. The topological polar surface area (TPSA) is 72.3 Å². The van der Waals surface area contributed by atoms with Crippen LogP contribution in [0.15, 0.2) is 36.7 Å². The Balaban J connectivity index is 1.73. The van der Waals surface area contributed by atoms with Gasteiger partial charge in [-0.1, -0.05) is 30.3 Å². The molecular formula is C20H29N5O2. The molecule has 2 unspecified atom stereocenters. The second-order valence-corrected chi connectivity index (χ2v) is 8.08. The number of nitrogens with one attached hydrogen (secondary N) is 1. The van der Waals surface area contributed by atoms with Gasteiger partial charge in [-0.2, -0.15) is 0 Å². The monoisotopic (exact) mass is 371 g/mol. The van der Waals surface area contributed by atoms with Crippen LogP contribution in [0.1, 0.15) is 44.5 Å². The summed E-state index contributed by atoms with van der Waals surface area (Å²) >= 11 is 0. The highest BCUT2D eigenvalue weighted by molar-refractivity contribution is 5.68. The van der Waals surface area contributed by atoms with Gasteiger partial charge in [0.15, 0.2) is 0 Å². The van der Waals surface area contributed by atoms with Crippen LogP contribution in [0, 0.1) is 0 Å². The smallest absolute Gasteiger partial charge is 0.410 e. The summed E-state index contributed by atoms with van der Waals surface area (Å²) in [5, 5.41) is 11.7. The molecule has 1 aliphatic rings. The molecule has 146 valence electrons. The van der Waals surface area contributed by atoms with Crippen LogP contribution >= 0.6 is 0 Å². The fourth-order valence-electron chi connectivity index (χ4n) is 3.44. The lowest BCUT2D eigenvalue weighted by molar-refractivity contribution is 0.0170. The fraction of sp³-hybridized carbons (Fsp3) is 0.550. The van der Waals surface area contributed by atoms with Crippen LogP contribution in [-0.4, -0.2) is 50.5 Å². The molecule has 27 heavy (non-hydrogen) atoms. The van der Waals surface area contributed by atoms with E-state index in [9.17, 15) is 4.79 Å². The van der Waals surface area contributed by atoms with Gasteiger partial charge in [-0.25, -0.2) is 4.79 Å². The van der Waals surface area contributed by atoms with Crippen molar-refractivity contribution in [2.45, 2.75) is 51.3 Å². The summed E-state index contributed by atoms with van der Waals surface area (Å²) in [5.74, 6) is 1.20. The maximum absolute atomic E-state index is 12.5. The number of piperidine rings is 1. The highest BCUT2D eigenvalue weighted by Crippen LogP contribution is 2.29. The summed E-state index contributed by atoms with van der Waals surface area (Å²) in [5.41, 5.74) is 0.798. The van der Waals surface area contributed by atoms with Crippen LogP contribution in [0.25, 0.3) is 0 Å². The number of likely N-dealkylation sites (tertiary alicyclic amines) is 1. The number of hydrogen-bond acceptors (Lipinski definition) is 5. The zero-order chi connectivity index (χ0) is 19.4. The molecular weight excluding hydrogens is 342 g/mol. The van der Waals surface area contributed by atoms with Crippen LogP contribution in [0.5, 0.6) is 0 Å². The van der Waals surface area contributed by atoms with Crippen molar-refractivity contribution >= 4 is 6.09 Å². The quantitative estimate of drug-likeness (QED) is 0.895.